The van der Waals surface area contributed by atoms with Crippen molar-refractivity contribution in [2.75, 3.05) is 13.2 Å². The smallest absolute Gasteiger partial charge is 0.186 e. The number of carbonyl (C=O) groups excluding carboxylic acids is 1. The lowest BCUT2D eigenvalue weighted by atomic mass is 9.98. The van der Waals surface area contributed by atoms with Crippen LogP contribution < -0.4 is 0 Å². The van der Waals surface area contributed by atoms with Crippen LogP contribution in [0.4, 0.5) is 0 Å². The van der Waals surface area contributed by atoms with Crippen LogP contribution in [0.3, 0.4) is 0 Å². The lowest BCUT2D eigenvalue weighted by Gasteiger charge is -2.41. The van der Waals surface area contributed by atoms with Crippen molar-refractivity contribution in [3.05, 3.63) is 59.7 Å². The summed E-state index contributed by atoms with van der Waals surface area (Å²) in [4.78, 5) is 13.0. The zero-order valence-corrected chi connectivity index (χ0v) is 23.5. The van der Waals surface area contributed by atoms with Gasteiger partial charge in [-0.3, -0.25) is 4.79 Å². The number of Topliss-reactive ketones (excluding diaryl/α,β-unsaturated/α-hetero) is 1. The number of aliphatic hydroxyl groups is 6. The Bertz CT molecular complexity index is 1140. The zero-order chi connectivity index (χ0) is 31.1. The molecule has 0 amide bonds. The van der Waals surface area contributed by atoms with Crippen LogP contribution in [0.5, 0.6) is 11.5 Å². The number of phenolic OH excluding ortho intramolecular Hbond substituents is 2. The van der Waals surface area contributed by atoms with E-state index in [1.165, 1.54) is 24.3 Å². The Balaban J connectivity index is 1.40. The van der Waals surface area contributed by atoms with E-state index in [4.69, 9.17) is 18.9 Å². The summed E-state index contributed by atoms with van der Waals surface area (Å²) in [5.74, 6) is 0.107. The number of hydrogen-bond donors (Lipinski definition) is 8. The van der Waals surface area contributed by atoms with Gasteiger partial charge in [0.15, 0.2) is 12.6 Å². The molecule has 13 heteroatoms. The maximum atomic E-state index is 13.0. The number of aromatic hydroxyl groups is 2. The predicted octanol–water partition coefficient (Wildman–Crippen LogP) is -0.729. The summed E-state index contributed by atoms with van der Waals surface area (Å²) in [6, 6.07) is 13.1. The van der Waals surface area contributed by atoms with Gasteiger partial charge >= 0.3 is 0 Å². The molecular formula is C30H40O13. The van der Waals surface area contributed by atoms with Gasteiger partial charge in [0.2, 0.25) is 0 Å². The summed E-state index contributed by atoms with van der Waals surface area (Å²) in [6.45, 7) is -0.984. The number of hydrogen-bond acceptors (Lipinski definition) is 13. The van der Waals surface area contributed by atoms with Gasteiger partial charge in [0.05, 0.1) is 19.3 Å². The topological polar surface area (TPSA) is 216 Å². The molecule has 0 bridgehead atoms. The molecule has 2 fully saturated rings. The lowest BCUT2D eigenvalue weighted by Crippen LogP contribution is -2.60. The van der Waals surface area contributed by atoms with Gasteiger partial charge in [-0.05, 0) is 54.7 Å². The third kappa shape index (κ3) is 8.92. The van der Waals surface area contributed by atoms with E-state index in [9.17, 15) is 45.6 Å². The van der Waals surface area contributed by atoms with Crippen LogP contribution in [0, 0.1) is 0 Å². The molecule has 13 nitrogen and oxygen atoms in total. The highest BCUT2D eigenvalue weighted by Gasteiger charge is 2.47. The van der Waals surface area contributed by atoms with E-state index in [-0.39, 0.29) is 30.1 Å². The summed E-state index contributed by atoms with van der Waals surface area (Å²) >= 11 is 0. The molecule has 2 aliphatic heterocycles. The first-order valence-electron chi connectivity index (χ1n) is 14.2. The van der Waals surface area contributed by atoms with Crippen LogP contribution in [0.25, 0.3) is 0 Å². The second kappa shape index (κ2) is 15.3. The Morgan fingerprint density at radius 2 is 1.26 bits per heavy atom. The van der Waals surface area contributed by atoms with Crippen LogP contribution in [0.15, 0.2) is 48.5 Å². The van der Waals surface area contributed by atoms with Crippen molar-refractivity contribution in [2.24, 2.45) is 0 Å². The van der Waals surface area contributed by atoms with Gasteiger partial charge in [0, 0.05) is 12.8 Å². The van der Waals surface area contributed by atoms with E-state index >= 15 is 0 Å². The average molecular weight is 609 g/mol. The molecule has 2 aromatic rings. The van der Waals surface area contributed by atoms with Crippen LogP contribution in [0.2, 0.25) is 0 Å². The largest absolute Gasteiger partial charge is 0.508 e. The first kappa shape index (κ1) is 33.2. The predicted molar refractivity (Wildman–Crippen MR) is 148 cm³/mol. The van der Waals surface area contributed by atoms with Gasteiger partial charge in [0.25, 0.3) is 0 Å². The minimum absolute atomic E-state index is 0.0366. The van der Waals surface area contributed by atoms with Gasteiger partial charge < -0.3 is 59.8 Å². The number of aliphatic hydroxyl groups excluding tert-OH is 6. The summed E-state index contributed by atoms with van der Waals surface area (Å²) in [5.41, 5.74) is 1.74. The number of benzene rings is 2. The molecule has 2 aliphatic rings. The fourth-order valence-corrected chi connectivity index (χ4v) is 5.06. The van der Waals surface area contributed by atoms with E-state index in [1.54, 1.807) is 24.3 Å². The Morgan fingerprint density at radius 3 is 1.84 bits per heavy atom. The van der Waals surface area contributed by atoms with Gasteiger partial charge in [-0.15, -0.1) is 0 Å². The van der Waals surface area contributed by atoms with Gasteiger partial charge in [-0.2, -0.15) is 0 Å². The number of ketones is 1. The standard InChI is InChI=1S/C30H40O13/c31-14-22-24(35)27(38)29(42-22)40-15-23-25(36)26(37)28(39)30(43-23)41-21(12-6-17-3-9-19(33)10-4-17)13-20(34)11-5-16-1-7-18(32)8-2-16/h1-4,7-10,21-33,35-39H,5-6,11-15H2. The first-order chi connectivity index (χ1) is 20.5. The van der Waals surface area contributed by atoms with Crippen LogP contribution >= 0.6 is 0 Å². The second-order valence-corrected chi connectivity index (χ2v) is 10.9. The van der Waals surface area contributed by atoms with E-state index in [0.717, 1.165) is 11.1 Å². The fourth-order valence-electron chi connectivity index (χ4n) is 5.06. The Hall–Kier alpha value is -2.69. The van der Waals surface area contributed by atoms with Crippen LogP contribution in [0.1, 0.15) is 30.4 Å². The molecule has 8 N–H and O–H groups in total. The molecule has 238 valence electrons. The highest BCUT2D eigenvalue weighted by atomic mass is 16.7. The molecule has 2 saturated heterocycles. The number of ether oxygens (including phenoxy) is 4. The molecule has 2 heterocycles. The maximum absolute atomic E-state index is 13.0. The molecule has 0 saturated carbocycles. The maximum Gasteiger partial charge on any atom is 0.186 e. The SMILES string of the molecule is O=C(CCc1ccc(O)cc1)CC(CCc1ccc(O)cc1)OC1OC(COC2OC(CO)C(O)C2O)C(O)C(O)C1O. The summed E-state index contributed by atoms with van der Waals surface area (Å²) in [6.07, 6.45) is -12.3. The molecule has 0 radical (unpaired) electrons. The van der Waals surface area contributed by atoms with Crippen molar-refractivity contribution in [1.29, 1.82) is 0 Å². The molecule has 4 rings (SSSR count). The average Bonchev–Trinajstić information content (AvgIpc) is 3.28. The number of rotatable bonds is 14. The quantitative estimate of drug-likeness (QED) is 0.133. The second-order valence-electron chi connectivity index (χ2n) is 10.9. The minimum atomic E-state index is -1.69. The third-order valence-corrected chi connectivity index (χ3v) is 7.69. The molecular weight excluding hydrogens is 568 g/mol. The van der Waals surface area contributed by atoms with Crippen molar-refractivity contribution >= 4 is 5.78 Å². The van der Waals surface area contributed by atoms with Crippen LogP contribution in [-0.2, 0) is 36.6 Å². The number of phenols is 2. The molecule has 2 aromatic carbocycles. The summed E-state index contributed by atoms with van der Waals surface area (Å²) in [7, 11) is 0. The van der Waals surface area contributed by atoms with E-state index in [1.807, 2.05) is 0 Å². The lowest BCUT2D eigenvalue weighted by molar-refractivity contribution is -0.319. The molecule has 0 spiro atoms. The van der Waals surface area contributed by atoms with E-state index < -0.39 is 74.6 Å². The normalized spacial score (nSPS) is 31.6. The Kier molecular flexibility index (Phi) is 11.9. The van der Waals surface area contributed by atoms with E-state index in [2.05, 4.69) is 0 Å². The third-order valence-electron chi connectivity index (χ3n) is 7.69. The highest BCUT2D eigenvalue weighted by Crippen LogP contribution is 2.28. The molecule has 0 aliphatic carbocycles. The summed E-state index contributed by atoms with van der Waals surface area (Å²) in [5, 5.41) is 80.1. The van der Waals surface area contributed by atoms with Crippen molar-refractivity contribution in [3.8, 4) is 11.5 Å². The van der Waals surface area contributed by atoms with Crippen molar-refractivity contribution in [1.82, 2.24) is 0 Å². The van der Waals surface area contributed by atoms with Crippen molar-refractivity contribution in [3.63, 3.8) is 0 Å². The van der Waals surface area contributed by atoms with Crippen molar-refractivity contribution in [2.45, 2.75) is 93.5 Å². The molecule has 10 atom stereocenters. The number of aryl methyl sites for hydroxylation is 2. The summed E-state index contributed by atoms with van der Waals surface area (Å²) < 4.78 is 22.5. The zero-order valence-electron chi connectivity index (χ0n) is 23.5. The minimum Gasteiger partial charge on any atom is -0.508 e. The Morgan fingerprint density at radius 1 is 0.721 bits per heavy atom. The first-order valence-corrected chi connectivity index (χ1v) is 14.2. The van der Waals surface area contributed by atoms with Crippen molar-refractivity contribution < 1.29 is 64.6 Å². The van der Waals surface area contributed by atoms with Gasteiger partial charge in [0.1, 0.15) is 60.0 Å². The molecule has 43 heavy (non-hydrogen) atoms. The number of carbonyl (C=O) groups is 1. The van der Waals surface area contributed by atoms with Gasteiger partial charge in [-0.25, -0.2) is 0 Å². The molecule has 10 unspecified atom stereocenters. The Labute approximate surface area is 248 Å². The van der Waals surface area contributed by atoms with E-state index in [0.29, 0.717) is 19.3 Å². The monoisotopic (exact) mass is 608 g/mol. The van der Waals surface area contributed by atoms with Crippen LogP contribution in [-0.4, -0.2) is 121 Å². The fraction of sp³-hybridized carbons (Fsp3) is 0.567. The molecule has 0 aromatic heterocycles. The highest BCUT2D eigenvalue weighted by molar-refractivity contribution is 5.79. The van der Waals surface area contributed by atoms with Gasteiger partial charge in [-0.1, -0.05) is 24.3 Å².